The molecule has 3 heterocycles. The Morgan fingerprint density at radius 2 is 2.08 bits per heavy atom. The lowest BCUT2D eigenvalue weighted by atomic mass is 10.3. The van der Waals surface area contributed by atoms with Crippen LogP contribution in [0.1, 0.15) is 0 Å². The van der Waals surface area contributed by atoms with Gasteiger partial charge in [-0.25, -0.2) is 4.52 Å². The van der Waals surface area contributed by atoms with Gasteiger partial charge in [-0.15, -0.1) is 5.10 Å². The highest BCUT2D eigenvalue weighted by molar-refractivity contribution is 5.62. The Balaban J connectivity index is 1.73. The summed E-state index contributed by atoms with van der Waals surface area (Å²) < 4.78 is 8.70. The number of rotatable bonds is 4. The smallest absolute Gasteiger partial charge is 0.247 e. The average molecular weight is 321 g/mol. The molecular weight excluding hydrogens is 306 g/mol. The first-order valence-electron chi connectivity index (χ1n) is 7.34. The molecule has 8 nitrogen and oxygen atoms in total. The lowest BCUT2D eigenvalue weighted by Crippen LogP contribution is -1.96. The molecule has 4 rings (SSSR count). The minimum absolute atomic E-state index is 0.487. The predicted molar refractivity (Wildman–Crippen MR) is 89.3 cm³/mol. The number of methoxy groups -OCH3 is 1. The Morgan fingerprint density at radius 3 is 2.88 bits per heavy atom. The standard InChI is InChI=1S/C16H15N7O/c1-22-10-11(7-18-22)14-8-17-9-15-20-16(21-23(14)15)19-12-4-3-5-13(6-12)24-2/h3-10H,1-2H3,(H,19,21). The number of hydrogen-bond acceptors (Lipinski definition) is 6. The van der Waals surface area contributed by atoms with Gasteiger partial charge in [0, 0.05) is 30.6 Å². The molecule has 0 bridgehead atoms. The molecule has 0 saturated carbocycles. The average Bonchev–Trinajstić information content (AvgIpc) is 3.20. The molecule has 0 spiro atoms. The van der Waals surface area contributed by atoms with Crippen LogP contribution in [0.5, 0.6) is 5.75 Å². The van der Waals surface area contributed by atoms with Gasteiger partial charge in [-0.3, -0.25) is 9.67 Å². The fraction of sp³-hybridized carbons (Fsp3) is 0.125. The first kappa shape index (κ1) is 14.2. The second-order valence-corrected chi connectivity index (χ2v) is 5.26. The molecule has 4 aromatic rings. The van der Waals surface area contributed by atoms with Crippen LogP contribution in [0, 0.1) is 0 Å². The van der Waals surface area contributed by atoms with E-state index in [4.69, 9.17) is 4.74 Å². The van der Waals surface area contributed by atoms with Crippen LogP contribution >= 0.6 is 0 Å². The maximum Gasteiger partial charge on any atom is 0.247 e. The fourth-order valence-electron chi connectivity index (χ4n) is 2.45. The normalized spacial score (nSPS) is 10.9. The number of benzene rings is 1. The summed E-state index contributed by atoms with van der Waals surface area (Å²) >= 11 is 0. The SMILES string of the molecule is COc1cccc(Nc2nc3cncc(-c4cnn(C)c4)n3n2)c1. The van der Waals surface area contributed by atoms with E-state index in [2.05, 4.69) is 25.5 Å². The van der Waals surface area contributed by atoms with Crippen molar-refractivity contribution in [1.82, 2.24) is 29.4 Å². The predicted octanol–water partition coefficient (Wildman–Crippen LogP) is 2.28. The molecule has 0 unspecified atom stereocenters. The zero-order chi connectivity index (χ0) is 16.5. The molecule has 120 valence electrons. The van der Waals surface area contributed by atoms with Crippen molar-refractivity contribution in [3.63, 3.8) is 0 Å². The Morgan fingerprint density at radius 1 is 1.17 bits per heavy atom. The lowest BCUT2D eigenvalue weighted by molar-refractivity contribution is 0.415. The molecule has 24 heavy (non-hydrogen) atoms. The van der Waals surface area contributed by atoms with Crippen LogP contribution in [-0.4, -0.2) is 36.5 Å². The zero-order valence-electron chi connectivity index (χ0n) is 13.2. The molecule has 0 saturated heterocycles. The van der Waals surface area contributed by atoms with E-state index in [-0.39, 0.29) is 0 Å². The number of nitrogens with zero attached hydrogens (tertiary/aromatic N) is 6. The largest absolute Gasteiger partial charge is 0.497 e. The van der Waals surface area contributed by atoms with Gasteiger partial charge in [0.2, 0.25) is 5.95 Å². The van der Waals surface area contributed by atoms with Crippen LogP contribution in [0.4, 0.5) is 11.6 Å². The lowest BCUT2D eigenvalue weighted by Gasteiger charge is -2.04. The van der Waals surface area contributed by atoms with Gasteiger partial charge in [0.25, 0.3) is 0 Å². The van der Waals surface area contributed by atoms with Gasteiger partial charge in [-0.05, 0) is 12.1 Å². The van der Waals surface area contributed by atoms with Crippen molar-refractivity contribution in [2.75, 3.05) is 12.4 Å². The Kier molecular flexibility index (Phi) is 3.34. The Bertz CT molecular complexity index is 1000. The highest BCUT2D eigenvalue weighted by atomic mass is 16.5. The number of fused-ring (bicyclic) bond motifs is 1. The van der Waals surface area contributed by atoms with Crippen molar-refractivity contribution < 1.29 is 4.74 Å². The molecule has 1 N–H and O–H groups in total. The van der Waals surface area contributed by atoms with Crippen LogP contribution in [0.2, 0.25) is 0 Å². The number of ether oxygens (including phenoxy) is 1. The molecule has 8 heteroatoms. The molecule has 0 aliphatic heterocycles. The van der Waals surface area contributed by atoms with Crippen molar-refractivity contribution in [1.29, 1.82) is 0 Å². The van der Waals surface area contributed by atoms with E-state index in [9.17, 15) is 0 Å². The third kappa shape index (κ3) is 2.54. The number of nitrogens with one attached hydrogen (secondary N) is 1. The molecule has 1 aromatic carbocycles. The van der Waals surface area contributed by atoms with Gasteiger partial charge in [0.05, 0.1) is 31.4 Å². The van der Waals surface area contributed by atoms with E-state index in [1.165, 1.54) is 0 Å². The quantitative estimate of drug-likeness (QED) is 0.621. The molecule has 0 radical (unpaired) electrons. The van der Waals surface area contributed by atoms with Crippen molar-refractivity contribution in [2.45, 2.75) is 0 Å². The first-order valence-corrected chi connectivity index (χ1v) is 7.34. The third-order valence-corrected chi connectivity index (χ3v) is 3.57. The summed E-state index contributed by atoms with van der Waals surface area (Å²) in [4.78, 5) is 8.70. The number of aromatic nitrogens is 6. The molecule has 0 amide bonds. The van der Waals surface area contributed by atoms with Gasteiger partial charge in [-0.2, -0.15) is 10.1 Å². The van der Waals surface area contributed by atoms with Gasteiger partial charge >= 0.3 is 0 Å². The topological polar surface area (TPSA) is 82.2 Å². The molecule has 0 aliphatic carbocycles. The molecule has 0 aliphatic rings. The zero-order valence-corrected chi connectivity index (χ0v) is 13.2. The first-order chi connectivity index (χ1) is 11.7. The summed E-state index contributed by atoms with van der Waals surface area (Å²) in [6, 6.07) is 7.59. The fourth-order valence-corrected chi connectivity index (χ4v) is 2.45. The maximum absolute atomic E-state index is 5.23. The molecule has 0 fully saturated rings. The summed E-state index contributed by atoms with van der Waals surface area (Å²) in [7, 11) is 3.50. The minimum atomic E-state index is 0.487. The van der Waals surface area contributed by atoms with Gasteiger partial charge < -0.3 is 10.1 Å². The van der Waals surface area contributed by atoms with Crippen molar-refractivity contribution >= 4 is 17.3 Å². The van der Waals surface area contributed by atoms with E-state index >= 15 is 0 Å². The number of aryl methyl sites for hydroxylation is 1. The highest BCUT2D eigenvalue weighted by Gasteiger charge is 2.11. The van der Waals surface area contributed by atoms with Gasteiger partial charge in [-0.1, -0.05) is 6.07 Å². The summed E-state index contributed by atoms with van der Waals surface area (Å²) in [5, 5.41) is 11.9. The third-order valence-electron chi connectivity index (χ3n) is 3.57. The summed E-state index contributed by atoms with van der Waals surface area (Å²) in [6.07, 6.45) is 7.10. The van der Waals surface area contributed by atoms with E-state index < -0.39 is 0 Å². The van der Waals surface area contributed by atoms with E-state index in [0.29, 0.717) is 11.6 Å². The van der Waals surface area contributed by atoms with Gasteiger partial charge in [0.1, 0.15) is 5.75 Å². The van der Waals surface area contributed by atoms with Gasteiger partial charge in [0.15, 0.2) is 5.65 Å². The van der Waals surface area contributed by atoms with E-state index in [1.807, 2.05) is 37.5 Å². The molecule has 0 atom stereocenters. The summed E-state index contributed by atoms with van der Waals surface area (Å²) in [6.45, 7) is 0. The second kappa shape index (κ2) is 5.65. The highest BCUT2D eigenvalue weighted by Crippen LogP contribution is 2.22. The second-order valence-electron chi connectivity index (χ2n) is 5.26. The summed E-state index contributed by atoms with van der Waals surface area (Å²) in [5.41, 5.74) is 3.25. The number of hydrogen-bond donors (Lipinski definition) is 1. The molecular formula is C16H15N7O. The minimum Gasteiger partial charge on any atom is -0.497 e. The maximum atomic E-state index is 5.23. The van der Waals surface area contributed by atoms with E-state index in [1.54, 1.807) is 34.9 Å². The van der Waals surface area contributed by atoms with Crippen molar-refractivity contribution in [3.05, 3.63) is 49.1 Å². The number of anilines is 2. The van der Waals surface area contributed by atoms with Crippen LogP contribution < -0.4 is 10.1 Å². The van der Waals surface area contributed by atoms with E-state index in [0.717, 1.165) is 22.7 Å². The van der Waals surface area contributed by atoms with Crippen molar-refractivity contribution in [3.8, 4) is 17.0 Å². The van der Waals surface area contributed by atoms with Crippen molar-refractivity contribution in [2.24, 2.45) is 7.05 Å². The Labute approximate surface area is 137 Å². The molecule has 3 aromatic heterocycles. The Hall–Kier alpha value is -3.42. The van der Waals surface area contributed by atoms with Crippen LogP contribution in [0.3, 0.4) is 0 Å². The van der Waals surface area contributed by atoms with Crippen LogP contribution in [0.15, 0.2) is 49.1 Å². The summed E-state index contributed by atoms with van der Waals surface area (Å²) in [5.74, 6) is 1.25. The monoisotopic (exact) mass is 321 g/mol. The van der Waals surface area contributed by atoms with Crippen LogP contribution in [0.25, 0.3) is 16.9 Å². The van der Waals surface area contributed by atoms with Crippen LogP contribution in [-0.2, 0) is 7.05 Å².